The molecule has 0 aliphatic heterocycles. The lowest BCUT2D eigenvalue weighted by Crippen LogP contribution is -1.86. The number of phenolic OH excluding ortho intramolecular Hbond substituents is 1. The largest absolute Gasteiger partial charge is 0.507 e. The Hall–Kier alpha value is -1.80. The fourth-order valence-electron chi connectivity index (χ4n) is 1.36. The molecule has 74 valence electrons. The zero-order valence-electron chi connectivity index (χ0n) is 7.53. The quantitative estimate of drug-likeness (QED) is 0.830. The Morgan fingerprint density at radius 1 is 1.47 bits per heavy atom. The highest BCUT2D eigenvalue weighted by molar-refractivity contribution is 9.10. The van der Waals surface area contributed by atoms with Crippen LogP contribution < -0.4 is 0 Å². The number of aromatic hydroxyl groups is 1. The van der Waals surface area contributed by atoms with Crippen molar-refractivity contribution in [3.63, 3.8) is 0 Å². The molecule has 0 aliphatic carbocycles. The van der Waals surface area contributed by atoms with Gasteiger partial charge in [-0.1, -0.05) is 15.9 Å². The third-order valence-corrected chi connectivity index (χ3v) is 2.43. The summed E-state index contributed by atoms with van der Waals surface area (Å²) in [6.45, 7) is 0. The number of aromatic amines is 1. The van der Waals surface area contributed by atoms with Gasteiger partial charge in [-0.15, -0.1) is 0 Å². The predicted molar refractivity (Wildman–Crippen MR) is 58.1 cm³/mol. The van der Waals surface area contributed by atoms with Crippen LogP contribution in [0.1, 0.15) is 5.56 Å². The van der Waals surface area contributed by atoms with Crippen molar-refractivity contribution in [1.29, 1.82) is 5.26 Å². The average Bonchev–Trinajstić information content (AvgIpc) is 2.69. The van der Waals surface area contributed by atoms with Gasteiger partial charge in [0.1, 0.15) is 11.8 Å². The molecule has 0 atom stereocenters. The first-order valence-electron chi connectivity index (χ1n) is 4.14. The van der Waals surface area contributed by atoms with E-state index in [4.69, 9.17) is 5.26 Å². The molecule has 0 saturated carbocycles. The third-order valence-electron chi connectivity index (χ3n) is 1.97. The van der Waals surface area contributed by atoms with Crippen LogP contribution in [-0.2, 0) is 0 Å². The topological polar surface area (TPSA) is 72.7 Å². The van der Waals surface area contributed by atoms with Gasteiger partial charge in [-0.3, -0.25) is 5.10 Å². The molecular weight excluding hydrogens is 258 g/mol. The number of aromatic nitrogens is 2. The summed E-state index contributed by atoms with van der Waals surface area (Å²) in [5.74, 6) is 0.0465. The summed E-state index contributed by atoms with van der Waals surface area (Å²) in [4.78, 5) is 0. The van der Waals surface area contributed by atoms with E-state index in [1.54, 1.807) is 18.3 Å². The van der Waals surface area contributed by atoms with Crippen LogP contribution in [0.4, 0.5) is 0 Å². The van der Waals surface area contributed by atoms with Crippen LogP contribution in [0.3, 0.4) is 0 Å². The Labute approximate surface area is 94.3 Å². The Kier molecular flexibility index (Phi) is 2.44. The summed E-state index contributed by atoms with van der Waals surface area (Å²) in [5.41, 5.74) is 1.49. The molecule has 0 amide bonds. The van der Waals surface area contributed by atoms with E-state index in [9.17, 15) is 5.11 Å². The van der Waals surface area contributed by atoms with Crippen molar-refractivity contribution in [3.8, 4) is 23.1 Å². The molecule has 2 aromatic rings. The molecular formula is C10H6BrN3O. The zero-order chi connectivity index (χ0) is 10.8. The Bertz CT molecular complexity index is 528. The smallest absolute Gasteiger partial charge is 0.127 e. The van der Waals surface area contributed by atoms with Crippen molar-refractivity contribution in [2.45, 2.75) is 0 Å². The fraction of sp³-hybridized carbons (Fsp3) is 0. The van der Waals surface area contributed by atoms with E-state index in [-0.39, 0.29) is 5.75 Å². The van der Waals surface area contributed by atoms with Gasteiger partial charge < -0.3 is 5.11 Å². The molecule has 1 aromatic heterocycles. The number of nitrogens with zero attached hydrogens (tertiary/aromatic N) is 2. The highest BCUT2D eigenvalue weighted by Gasteiger charge is 2.12. The number of hydrogen-bond acceptors (Lipinski definition) is 3. The summed E-state index contributed by atoms with van der Waals surface area (Å²) in [5, 5.41) is 25.2. The second kappa shape index (κ2) is 3.75. The minimum absolute atomic E-state index is 0.0465. The van der Waals surface area contributed by atoms with Gasteiger partial charge in [-0.2, -0.15) is 10.4 Å². The van der Waals surface area contributed by atoms with E-state index in [0.717, 1.165) is 0 Å². The van der Waals surface area contributed by atoms with Crippen LogP contribution in [0.2, 0.25) is 0 Å². The number of hydrogen-bond donors (Lipinski definition) is 2. The Morgan fingerprint density at radius 3 is 2.87 bits per heavy atom. The summed E-state index contributed by atoms with van der Waals surface area (Å²) < 4.78 is 0.666. The lowest BCUT2D eigenvalue weighted by molar-refractivity contribution is 0.476. The number of H-pyrrole nitrogens is 1. The highest BCUT2D eigenvalue weighted by atomic mass is 79.9. The Balaban J connectivity index is 2.71. The van der Waals surface area contributed by atoms with Crippen molar-refractivity contribution in [2.75, 3.05) is 0 Å². The molecule has 0 aliphatic rings. The van der Waals surface area contributed by atoms with Gasteiger partial charge in [0.2, 0.25) is 0 Å². The first kappa shape index (κ1) is 9.74. The number of nitrogens with one attached hydrogen (secondary N) is 1. The van der Waals surface area contributed by atoms with E-state index in [0.29, 0.717) is 21.3 Å². The number of halogens is 1. The molecule has 2 rings (SSSR count). The van der Waals surface area contributed by atoms with Gasteiger partial charge in [0.15, 0.2) is 0 Å². The van der Waals surface area contributed by atoms with Crippen LogP contribution in [0, 0.1) is 11.3 Å². The van der Waals surface area contributed by atoms with Gasteiger partial charge in [0, 0.05) is 10.7 Å². The van der Waals surface area contributed by atoms with Crippen LogP contribution in [0.25, 0.3) is 11.3 Å². The van der Waals surface area contributed by atoms with Crippen LogP contribution in [0.5, 0.6) is 5.75 Å². The highest BCUT2D eigenvalue weighted by Crippen LogP contribution is 2.33. The van der Waals surface area contributed by atoms with Gasteiger partial charge >= 0.3 is 0 Å². The van der Waals surface area contributed by atoms with Gasteiger partial charge in [0.05, 0.1) is 16.8 Å². The third kappa shape index (κ3) is 1.72. The van der Waals surface area contributed by atoms with Crippen LogP contribution in [-0.4, -0.2) is 15.3 Å². The van der Waals surface area contributed by atoms with Crippen molar-refractivity contribution in [2.24, 2.45) is 0 Å². The van der Waals surface area contributed by atoms with Crippen molar-refractivity contribution in [1.82, 2.24) is 10.2 Å². The average molecular weight is 264 g/mol. The van der Waals surface area contributed by atoms with Crippen molar-refractivity contribution >= 4 is 15.9 Å². The molecule has 5 heteroatoms. The second-order valence-electron chi connectivity index (χ2n) is 2.93. The maximum absolute atomic E-state index is 9.75. The van der Waals surface area contributed by atoms with E-state index in [1.165, 1.54) is 6.07 Å². The standard InChI is InChI=1S/C10H6BrN3O/c11-7-3-6(5-12)10(9(15)4-7)8-1-2-13-14-8/h1-4,15H,(H,13,14). The van der Waals surface area contributed by atoms with Gasteiger partial charge in [-0.25, -0.2) is 0 Å². The monoisotopic (exact) mass is 263 g/mol. The number of rotatable bonds is 1. The number of phenols is 1. The number of benzene rings is 1. The molecule has 0 bridgehead atoms. The first-order chi connectivity index (χ1) is 7.22. The maximum atomic E-state index is 9.75. The molecule has 0 fully saturated rings. The van der Waals surface area contributed by atoms with Crippen molar-refractivity contribution in [3.05, 3.63) is 34.4 Å². The minimum atomic E-state index is 0.0465. The van der Waals surface area contributed by atoms with E-state index in [1.807, 2.05) is 6.07 Å². The fourth-order valence-corrected chi connectivity index (χ4v) is 1.80. The van der Waals surface area contributed by atoms with Crippen LogP contribution in [0.15, 0.2) is 28.9 Å². The number of nitriles is 1. The zero-order valence-corrected chi connectivity index (χ0v) is 9.12. The summed E-state index contributed by atoms with van der Waals surface area (Å²) >= 11 is 3.21. The Morgan fingerprint density at radius 2 is 2.27 bits per heavy atom. The molecule has 0 radical (unpaired) electrons. The molecule has 4 nitrogen and oxygen atoms in total. The van der Waals surface area contributed by atoms with E-state index < -0.39 is 0 Å². The molecule has 1 heterocycles. The summed E-state index contributed by atoms with van der Waals surface area (Å²) in [6, 6.07) is 6.91. The second-order valence-corrected chi connectivity index (χ2v) is 3.85. The molecule has 15 heavy (non-hydrogen) atoms. The van der Waals surface area contributed by atoms with Crippen LogP contribution >= 0.6 is 15.9 Å². The molecule has 0 spiro atoms. The predicted octanol–water partition coefficient (Wildman–Crippen LogP) is 2.42. The van der Waals surface area contributed by atoms with Gasteiger partial charge in [0.25, 0.3) is 0 Å². The lowest BCUT2D eigenvalue weighted by atomic mass is 10.0. The normalized spacial score (nSPS) is 9.87. The maximum Gasteiger partial charge on any atom is 0.127 e. The summed E-state index contributed by atoms with van der Waals surface area (Å²) in [6.07, 6.45) is 1.57. The molecule has 2 N–H and O–H groups in total. The first-order valence-corrected chi connectivity index (χ1v) is 4.94. The van der Waals surface area contributed by atoms with Crippen molar-refractivity contribution < 1.29 is 5.11 Å². The van der Waals surface area contributed by atoms with E-state index in [2.05, 4.69) is 26.1 Å². The molecule has 1 aromatic carbocycles. The van der Waals surface area contributed by atoms with E-state index >= 15 is 0 Å². The van der Waals surface area contributed by atoms with Gasteiger partial charge in [-0.05, 0) is 18.2 Å². The minimum Gasteiger partial charge on any atom is -0.507 e. The lowest BCUT2D eigenvalue weighted by Gasteiger charge is -2.04. The molecule has 0 unspecified atom stereocenters. The summed E-state index contributed by atoms with van der Waals surface area (Å²) in [7, 11) is 0. The SMILES string of the molecule is N#Cc1cc(Br)cc(O)c1-c1ccn[nH]1. The molecule has 0 saturated heterocycles.